The Kier molecular flexibility index (Phi) is 4.38. The maximum absolute atomic E-state index is 12.5. The second-order valence-electron chi connectivity index (χ2n) is 5.86. The minimum atomic E-state index is -0.455. The molecule has 0 aliphatic heterocycles. The van der Waals surface area contributed by atoms with Crippen molar-refractivity contribution < 1.29 is 9.72 Å². The van der Waals surface area contributed by atoms with Crippen LogP contribution in [0.25, 0.3) is 22.3 Å². The number of nitrogens with zero attached hydrogens (tertiary/aromatic N) is 3. The van der Waals surface area contributed by atoms with E-state index in [1.54, 1.807) is 36.5 Å². The van der Waals surface area contributed by atoms with E-state index >= 15 is 0 Å². The van der Waals surface area contributed by atoms with Gasteiger partial charge in [-0.1, -0.05) is 0 Å². The second kappa shape index (κ2) is 6.64. The summed E-state index contributed by atoms with van der Waals surface area (Å²) < 4.78 is 0. The molecule has 2 heterocycles. The largest absolute Gasteiger partial charge is 0.350 e. The van der Waals surface area contributed by atoms with Gasteiger partial charge in [-0.25, -0.2) is 4.98 Å². The van der Waals surface area contributed by atoms with Crippen molar-refractivity contribution in [2.75, 3.05) is 0 Å². The fraction of sp³-hybridized carbons (Fsp3) is 0.167. The fourth-order valence-electron chi connectivity index (χ4n) is 2.48. The van der Waals surface area contributed by atoms with Gasteiger partial charge in [0.1, 0.15) is 5.52 Å². The number of nitro benzene ring substituents is 1. The number of nitro groups is 1. The third kappa shape index (κ3) is 3.45. The molecule has 7 nitrogen and oxygen atoms in total. The summed E-state index contributed by atoms with van der Waals surface area (Å²) in [5.41, 5.74) is 2.79. The Morgan fingerprint density at radius 2 is 1.92 bits per heavy atom. The number of fused-ring (bicyclic) bond motifs is 1. The fourth-order valence-corrected chi connectivity index (χ4v) is 2.48. The zero-order valence-corrected chi connectivity index (χ0v) is 13.8. The van der Waals surface area contributed by atoms with Crippen LogP contribution >= 0.6 is 0 Å². The molecular weight excluding hydrogens is 320 g/mol. The number of hydrogen-bond acceptors (Lipinski definition) is 5. The summed E-state index contributed by atoms with van der Waals surface area (Å²) >= 11 is 0. The van der Waals surface area contributed by atoms with E-state index in [1.165, 1.54) is 12.1 Å². The summed E-state index contributed by atoms with van der Waals surface area (Å²) in [6.45, 7) is 3.76. The van der Waals surface area contributed by atoms with E-state index in [9.17, 15) is 14.9 Å². The molecule has 3 aromatic rings. The molecule has 0 atom stereocenters. The van der Waals surface area contributed by atoms with Gasteiger partial charge in [-0.2, -0.15) is 0 Å². The third-order valence-corrected chi connectivity index (χ3v) is 3.60. The predicted molar refractivity (Wildman–Crippen MR) is 94.2 cm³/mol. The van der Waals surface area contributed by atoms with Crippen molar-refractivity contribution in [3.63, 3.8) is 0 Å². The zero-order valence-electron chi connectivity index (χ0n) is 13.8. The average molecular weight is 336 g/mol. The van der Waals surface area contributed by atoms with Gasteiger partial charge in [0.25, 0.3) is 11.6 Å². The quantitative estimate of drug-likeness (QED) is 0.582. The van der Waals surface area contributed by atoms with E-state index in [2.05, 4.69) is 15.3 Å². The molecule has 0 saturated heterocycles. The van der Waals surface area contributed by atoms with Crippen molar-refractivity contribution in [2.45, 2.75) is 19.9 Å². The molecular formula is C18H16N4O3. The molecule has 25 heavy (non-hydrogen) atoms. The van der Waals surface area contributed by atoms with Crippen molar-refractivity contribution in [3.8, 4) is 11.3 Å². The first-order valence-electron chi connectivity index (χ1n) is 7.77. The molecule has 0 spiro atoms. The van der Waals surface area contributed by atoms with E-state index in [1.807, 2.05) is 13.8 Å². The number of nitrogens with one attached hydrogen (secondary N) is 1. The molecule has 0 unspecified atom stereocenters. The molecule has 0 saturated carbocycles. The standard InChI is InChI=1S/C18H16N4O3/c1-11(2)20-18(23)14-10-16(21-15-4-3-9-19-17(14)15)12-5-7-13(8-6-12)22(24)25/h3-11H,1-2H3,(H,20,23). The molecule has 126 valence electrons. The van der Waals surface area contributed by atoms with Crippen LogP contribution in [0.1, 0.15) is 24.2 Å². The smallest absolute Gasteiger partial charge is 0.269 e. The average Bonchev–Trinajstić information content (AvgIpc) is 2.60. The Hall–Kier alpha value is -3.35. The van der Waals surface area contributed by atoms with Gasteiger partial charge in [-0.15, -0.1) is 0 Å². The van der Waals surface area contributed by atoms with Crippen LogP contribution in [0.4, 0.5) is 5.69 Å². The van der Waals surface area contributed by atoms with Crippen LogP contribution in [-0.4, -0.2) is 26.8 Å². The van der Waals surface area contributed by atoms with Gasteiger partial charge in [-0.3, -0.25) is 19.9 Å². The zero-order chi connectivity index (χ0) is 18.0. The predicted octanol–water partition coefficient (Wildman–Crippen LogP) is 3.34. The molecule has 0 aliphatic rings. The SMILES string of the molecule is CC(C)NC(=O)c1cc(-c2ccc([N+](=O)[O-])cc2)nc2cccnc12. The van der Waals surface area contributed by atoms with Gasteiger partial charge >= 0.3 is 0 Å². The number of amides is 1. The number of hydrogen-bond donors (Lipinski definition) is 1. The topological polar surface area (TPSA) is 98.0 Å². The van der Waals surface area contributed by atoms with Gasteiger partial charge in [0.05, 0.1) is 21.7 Å². The highest BCUT2D eigenvalue weighted by atomic mass is 16.6. The summed E-state index contributed by atoms with van der Waals surface area (Å²) in [5, 5.41) is 13.7. The number of pyridine rings is 2. The first-order valence-corrected chi connectivity index (χ1v) is 7.77. The summed E-state index contributed by atoms with van der Waals surface area (Å²) in [5.74, 6) is -0.232. The number of non-ortho nitro benzene ring substituents is 1. The van der Waals surface area contributed by atoms with Gasteiger partial charge in [-0.05, 0) is 44.2 Å². The Morgan fingerprint density at radius 1 is 1.20 bits per heavy atom. The number of benzene rings is 1. The van der Waals surface area contributed by atoms with Crippen molar-refractivity contribution in [1.29, 1.82) is 0 Å². The van der Waals surface area contributed by atoms with Gasteiger partial charge in [0, 0.05) is 29.9 Å². The molecule has 1 aromatic carbocycles. The van der Waals surface area contributed by atoms with Crippen LogP contribution in [0, 0.1) is 10.1 Å². The highest BCUT2D eigenvalue weighted by Gasteiger charge is 2.16. The highest BCUT2D eigenvalue weighted by molar-refractivity contribution is 6.05. The van der Waals surface area contributed by atoms with Crippen LogP contribution in [0.15, 0.2) is 48.7 Å². The molecule has 7 heteroatoms. The Bertz CT molecular complexity index is 952. The highest BCUT2D eigenvalue weighted by Crippen LogP contribution is 2.25. The lowest BCUT2D eigenvalue weighted by atomic mass is 10.1. The number of rotatable bonds is 4. The molecule has 0 radical (unpaired) electrons. The first kappa shape index (κ1) is 16.5. The second-order valence-corrected chi connectivity index (χ2v) is 5.86. The van der Waals surface area contributed by atoms with E-state index in [-0.39, 0.29) is 17.6 Å². The van der Waals surface area contributed by atoms with Crippen molar-refractivity contribution in [3.05, 3.63) is 64.3 Å². The minimum Gasteiger partial charge on any atom is -0.350 e. The van der Waals surface area contributed by atoms with E-state index in [0.29, 0.717) is 27.9 Å². The molecule has 2 aromatic heterocycles. The molecule has 1 N–H and O–H groups in total. The number of aromatic nitrogens is 2. The maximum Gasteiger partial charge on any atom is 0.269 e. The number of carbonyl (C=O) groups is 1. The summed E-state index contributed by atoms with van der Waals surface area (Å²) in [6, 6.07) is 11.2. The van der Waals surface area contributed by atoms with E-state index in [4.69, 9.17) is 0 Å². The van der Waals surface area contributed by atoms with Crippen molar-refractivity contribution >= 4 is 22.6 Å². The van der Waals surface area contributed by atoms with Crippen LogP contribution in [-0.2, 0) is 0 Å². The molecule has 0 aliphatic carbocycles. The van der Waals surface area contributed by atoms with E-state index < -0.39 is 4.92 Å². The van der Waals surface area contributed by atoms with Gasteiger partial charge in [0.2, 0.25) is 0 Å². The van der Waals surface area contributed by atoms with Crippen LogP contribution < -0.4 is 5.32 Å². The molecule has 0 bridgehead atoms. The molecule has 1 amide bonds. The summed E-state index contributed by atoms with van der Waals surface area (Å²) in [6.07, 6.45) is 1.61. The lowest BCUT2D eigenvalue weighted by molar-refractivity contribution is -0.384. The molecule has 3 rings (SSSR count). The van der Waals surface area contributed by atoms with Crippen LogP contribution in [0.2, 0.25) is 0 Å². The molecule has 0 fully saturated rings. The van der Waals surface area contributed by atoms with Gasteiger partial charge < -0.3 is 5.32 Å². The lowest BCUT2D eigenvalue weighted by Crippen LogP contribution is -2.30. The summed E-state index contributed by atoms with van der Waals surface area (Å²) in [4.78, 5) is 31.7. The van der Waals surface area contributed by atoms with Crippen molar-refractivity contribution in [2.24, 2.45) is 0 Å². The van der Waals surface area contributed by atoms with Crippen LogP contribution in [0.3, 0.4) is 0 Å². The normalized spacial score (nSPS) is 10.8. The Labute approximate surface area is 143 Å². The number of carbonyl (C=O) groups excluding carboxylic acids is 1. The monoisotopic (exact) mass is 336 g/mol. The summed E-state index contributed by atoms with van der Waals surface area (Å²) in [7, 11) is 0. The first-order chi connectivity index (χ1) is 12.0. The Morgan fingerprint density at radius 3 is 2.56 bits per heavy atom. The van der Waals surface area contributed by atoms with Crippen LogP contribution in [0.5, 0.6) is 0 Å². The van der Waals surface area contributed by atoms with E-state index in [0.717, 1.165) is 0 Å². The minimum absolute atomic E-state index is 0.00369. The van der Waals surface area contributed by atoms with Gasteiger partial charge in [0.15, 0.2) is 0 Å². The maximum atomic E-state index is 12.5. The lowest BCUT2D eigenvalue weighted by Gasteiger charge is -2.11. The third-order valence-electron chi connectivity index (χ3n) is 3.60. The Balaban J connectivity index is 2.13. The van der Waals surface area contributed by atoms with Crippen molar-refractivity contribution in [1.82, 2.24) is 15.3 Å².